The molecule has 0 saturated carbocycles. The van der Waals surface area contributed by atoms with Crippen LogP contribution in [-0.2, 0) is 37.6 Å². The van der Waals surface area contributed by atoms with Crippen molar-refractivity contribution in [2.75, 3.05) is 18.2 Å². The largest absolute Gasteiger partial charge is 0.543 e. The molecular formula is C19H19N7O6S2. The monoisotopic (exact) mass is 505 g/mol. The lowest BCUT2D eigenvalue weighted by Gasteiger charge is -2.50. The second kappa shape index (κ2) is 9.64. The van der Waals surface area contributed by atoms with Crippen molar-refractivity contribution in [3.05, 3.63) is 40.8 Å². The van der Waals surface area contributed by atoms with E-state index in [1.807, 2.05) is 19.3 Å². The zero-order valence-electron chi connectivity index (χ0n) is 18.0. The third kappa shape index (κ3) is 4.26. The molecule has 2 aromatic heterocycles. The van der Waals surface area contributed by atoms with Crippen molar-refractivity contribution in [1.82, 2.24) is 19.9 Å². The van der Waals surface area contributed by atoms with Gasteiger partial charge in [-0.3, -0.25) is 19.3 Å². The lowest BCUT2D eigenvalue weighted by Crippen LogP contribution is -2.71. The van der Waals surface area contributed by atoms with Crippen LogP contribution < -0.4 is 20.4 Å². The number of β-lactam (4-membered cyclic amide) rings is 1. The van der Waals surface area contributed by atoms with Gasteiger partial charge in [0.25, 0.3) is 11.8 Å². The molecule has 0 aromatic carbocycles. The number of hydrogen-bond donors (Lipinski definition) is 2. The third-order valence-electron chi connectivity index (χ3n) is 5.17. The zero-order chi connectivity index (χ0) is 24.4. The predicted octanol–water partition coefficient (Wildman–Crippen LogP) is -2.21. The number of carbonyl (C=O) groups excluding carboxylic acids is 4. The molecule has 4 rings (SSSR count). The van der Waals surface area contributed by atoms with Crippen LogP contribution in [0.5, 0.6) is 0 Å². The fraction of sp³-hybridized carbons (Fsp3) is 0.316. The second-order valence-corrected chi connectivity index (χ2v) is 9.15. The smallest absolute Gasteiger partial charge is 0.276 e. The topological polar surface area (TPSA) is 162 Å². The second-order valence-electron chi connectivity index (χ2n) is 7.18. The molecule has 1 fully saturated rings. The number of carboxylic acids is 1. The number of carboxylic acid groups (broad SMARTS) is 1. The highest BCUT2D eigenvalue weighted by atomic mass is 32.2. The maximum Gasteiger partial charge on any atom is 0.276 e. The summed E-state index contributed by atoms with van der Waals surface area (Å²) >= 11 is 2.42. The van der Waals surface area contributed by atoms with Crippen molar-refractivity contribution < 1.29 is 33.8 Å². The molecule has 2 aliphatic rings. The SMILES string of the molecule is CON=C(C(=O)N[C@@H]1C(=O)N2C(C(=O)[O-])=C(Cn3ccc[n+]3C)CS[C@H]12)c1csc(NC=O)n1. The summed E-state index contributed by atoms with van der Waals surface area (Å²) in [5.74, 6) is -2.41. The third-order valence-corrected chi connectivity index (χ3v) is 7.29. The van der Waals surface area contributed by atoms with Crippen molar-refractivity contribution in [3.63, 3.8) is 0 Å². The quantitative estimate of drug-likeness (QED) is 0.127. The summed E-state index contributed by atoms with van der Waals surface area (Å²) in [4.78, 5) is 58.3. The molecule has 0 radical (unpaired) electrons. The van der Waals surface area contributed by atoms with Gasteiger partial charge in [-0.25, -0.2) is 4.98 Å². The van der Waals surface area contributed by atoms with E-state index >= 15 is 0 Å². The van der Waals surface area contributed by atoms with E-state index in [9.17, 15) is 24.3 Å². The summed E-state index contributed by atoms with van der Waals surface area (Å²) in [6, 6.07) is 0.849. The molecule has 1 saturated heterocycles. The highest BCUT2D eigenvalue weighted by Crippen LogP contribution is 2.40. The number of fused-ring (bicyclic) bond motifs is 1. The van der Waals surface area contributed by atoms with Crippen LogP contribution in [0.2, 0.25) is 0 Å². The Kier molecular flexibility index (Phi) is 6.65. The van der Waals surface area contributed by atoms with Crippen molar-refractivity contribution in [3.8, 4) is 0 Å². The van der Waals surface area contributed by atoms with Gasteiger partial charge in [-0.2, -0.15) is 4.68 Å². The van der Waals surface area contributed by atoms with Gasteiger partial charge in [-0.15, -0.1) is 27.8 Å². The van der Waals surface area contributed by atoms with Crippen LogP contribution in [0.4, 0.5) is 5.13 Å². The Morgan fingerprint density at radius 3 is 2.91 bits per heavy atom. The van der Waals surface area contributed by atoms with Gasteiger partial charge < -0.3 is 25.4 Å². The number of anilines is 1. The number of nitrogens with zero attached hydrogens (tertiary/aromatic N) is 5. The number of oxime groups is 1. The molecule has 2 aliphatic heterocycles. The average Bonchev–Trinajstić information content (AvgIpc) is 3.44. The number of aliphatic carboxylic acids is 1. The van der Waals surface area contributed by atoms with E-state index in [2.05, 4.69) is 20.8 Å². The van der Waals surface area contributed by atoms with Crippen LogP contribution >= 0.6 is 23.1 Å². The van der Waals surface area contributed by atoms with Gasteiger partial charge in [-0.1, -0.05) is 5.16 Å². The van der Waals surface area contributed by atoms with Crippen LogP contribution in [0.15, 0.2) is 40.3 Å². The number of thiazole rings is 1. The van der Waals surface area contributed by atoms with Crippen molar-refractivity contribution in [2.45, 2.75) is 18.0 Å². The van der Waals surface area contributed by atoms with E-state index in [0.29, 0.717) is 17.7 Å². The van der Waals surface area contributed by atoms with Gasteiger partial charge in [0.05, 0.1) is 17.9 Å². The van der Waals surface area contributed by atoms with Gasteiger partial charge in [-0.05, 0) is 5.57 Å². The van der Waals surface area contributed by atoms with Gasteiger partial charge in [0.15, 0.2) is 24.1 Å². The van der Waals surface area contributed by atoms with Gasteiger partial charge in [0.1, 0.15) is 30.8 Å². The Labute approximate surface area is 201 Å². The van der Waals surface area contributed by atoms with E-state index in [4.69, 9.17) is 4.84 Å². The van der Waals surface area contributed by atoms with Crippen LogP contribution in [0.25, 0.3) is 0 Å². The van der Waals surface area contributed by atoms with E-state index < -0.39 is 29.2 Å². The molecular weight excluding hydrogens is 486 g/mol. The van der Waals surface area contributed by atoms with Crippen molar-refractivity contribution >= 4 is 58.1 Å². The zero-order valence-corrected chi connectivity index (χ0v) is 19.6. The van der Waals surface area contributed by atoms with Crippen LogP contribution in [-0.4, -0.2) is 68.7 Å². The molecule has 0 bridgehead atoms. The van der Waals surface area contributed by atoms with Gasteiger partial charge in [0.2, 0.25) is 6.41 Å². The standard InChI is InChI=1S/C19H19N7O6S2/c1-24-4-3-5-25(24)6-10-7-33-17-13(16(29)26(17)14(10)18(30)31)22-15(28)12(23-32-2)11-8-34-19(21-11)20-9-27/h3-5,8-9,13,17H,6-7H2,1-2H3,(H2-,20,21,22,27,28,30,31)/t13-,17-/m1/s1. The average molecular weight is 506 g/mol. The number of hydrogen-bond acceptors (Lipinski definition) is 10. The summed E-state index contributed by atoms with van der Waals surface area (Å²) in [6.07, 6.45) is 4.06. The first-order chi connectivity index (χ1) is 16.3. The minimum absolute atomic E-state index is 0.144. The molecule has 2 aromatic rings. The van der Waals surface area contributed by atoms with Crippen LogP contribution in [0, 0.1) is 0 Å². The maximum atomic E-state index is 12.9. The summed E-state index contributed by atoms with van der Waals surface area (Å²) in [6.45, 7) is 0.277. The molecule has 2 N–H and O–H groups in total. The molecule has 178 valence electrons. The summed E-state index contributed by atoms with van der Waals surface area (Å²) in [5, 5.41) is 21.7. The highest BCUT2D eigenvalue weighted by molar-refractivity contribution is 8.00. The number of nitrogens with one attached hydrogen (secondary N) is 2. The minimum atomic E-state index is -1.45. The number of aromatic nitrogens is 3. The number of carbonyl (C=O) groups is 4. The number of thioether (sulfide) groups is 1. The Morgan fingerprint density at radius 1 is 1.47 bits per heavy atom. The number of aryl methyl sites for hydroxylation is 1. The molecule has 4 heterocycles. The molecule has 0 unspecified atom stereocenters. The van der Waals surface area contributed by atoms with Crippen LogP contribution in [0.3, 0.4) is 0 Å². The predicted molar refractivity (Wildman–Crippen MR) is 118 cm³/mol. The number of amides is 3. The summed E-state index contributed by atoms with van der Waals surface area (Å²) < 4.78 is 3.60. The lowest BCUT2D eigenvalue weighted by molar-refractivity contribution is -0.752. The van der Waals surface area contributed by atoms with E-state index in [1.165, 1.54) is 24.3 Å². The van der Waals surface area contributed by atoms with Crippen LogP contribution in [0.1, 0.15) is 5.69 Å². The normalized spacial score (nSPS) is 19.9. The molecule has 3 amide bonds. The van der Waals surface area contributed by atoms with E-state index in [0.717, 1.165) is 16.2 Å². The first-order valence-electron chi connectivity index (χ1n) is 9.83. The highest BCUT2D eigenvalue weighted by Gasteiger charge is 2.53. The Hall–Kier alpha value is -3.72. The number of rotatable bonds is 9. The van der Waals surface area contributed by atoms with Crippen molar-refractivity contribution in [1.29, 1.82) is 0 Å². The first-order valence-corrected chi connectivity index (χ1v) is 11.8. The van der Waals surface area contributed by atoms with Gasteiger partial charge in [0, 0.05) is 17.2 Å². The lowest BCUT2D eigenvalue weighted by atomic mass is 10.0. The molecule has 0 spiro atoms. The molecule has 0 aliphatic carbocycles. The summed E-state index contributed by atoms with van der Waals surface area (Å²) in [7, 11) is 3.07. The molecule has 2 atom stereocenters. The Balaban J connectivity index is 1.52. The maximum absolute atomic E-state index is 12.9. The molecule has 13 nitrogen and oxygen atoms in total. The minimum Gasteiger partial charge on any atom is -0.543 e. The fourth-order valence-corrected chi connectivity index (χ4v) is 5.60. The Bertz CT molecular complexity index is 1220. The van der Waals surface area contributed by atoms with Crippen molar-refractivity contribution in [2.24, 2.45) is 12.2 Å². The fourth-order valence-electron chi connectivity index (χ4n) is 3.61. The van der Waals surface area contributed by atoms with E-state index in [1.54, 1.807) is 15.6 Å². The first kappa shape index (κ1) is 23.4. The Morgan fingerprint density at radius 2 is 2.26 bits per heavy atom. The summed E-state index contributed by atoms with van der Waals surface area (Å²) in [5.41, 5.74) is 0.306. The van der Waals surface area contributed by atoms with Gasteiger partial charge >= 0.3 is 0 Å². The van der Waals surface area contributed by atoms with E-state index in [-0.39, 0.29) is 28.8 Å². The molecule has 15 heteroatoms. The molecule has 34 heavy (non-hydrogen) atoms.